The molecule has 0 aliphatic heterocycles. The summed E-state index contributed by atoms with van der Waals surface area (Å²) in [5, 5.41) is 4.33. The van der Waals surface area contributed by atoms with Gasteiger partial charge in [-0.15, -0.1) is 0 Å². The monoisotopic (exact) mass is 401 g/mol. The fraction of sp³-hybridized carbons (Fsp3) is 0.357. The summed E-state index contributed by atoms with van der Waals surface area (Å²) >= 11 is 6.96. The Morgan fingerprint density at radius 2 is 2.00 bits per heavy atom. The minimum atomic E-state index is -0.107. The van der Waals surface area contributed by atoms with Crippen LogP contribution in [0.1, 0.15) is 17.3 Å². The van der Waals surface area contributed by atoms with E-state index in [0.29, 0.717) is 13.2 Å². The molecule has 0 radical (unpaired) electrons. The number of hydrogen-bond donors (Lipinski definition) is 1. The van der Waals surface area contributed by atoms with Crippen LogP contribution in [0.3, 0.4) is 0 Å². The van der Waals surface area contributed by atoms with Gasteiger partial charge >= 0.3 is 0 Å². The van der Waals surface area contributed by atoms with E-state index in [0.717, 1.165) is 21.1 Å². The Morgan fingerprint density at radius 3 is 2.65 bits per heavy atom. The zero-order chi connectivity index (χ0) is 14.5. The van der Waals surface area contributed by atoms with E-state index in [9.17, 15) is 0 Å². The van der Waals surface area contributed by atoms with Crippen molar-refractivity contribution >= 4 is 31.9 Å². The molecule has 1 aromatic heterocycles. The normalized spacial score (nSPS) is 12.6. The minimum absolute atomic E-state index is 0.107. The maximum absolute atomic E-state index is 6.34. The number of aromatic nitrogens is 2. The summed E-state index contributed by atoms with van der Waals surface area (Å²) in [6.45, 7) is 1.32. The summed E-state index contributed by atoms with van der Waals surface area (Å²) in [4.78, 5) is 0. The molecule has 0 bridgehead atoms. The van der Waals surface area contributed by atoms with Crippen LogP contribution in [0.15, 0.2) is 39.4 Å². The lowest BCUT2D eigenvalue weighted by Gasteiger charge is -2.15. The summed E-state index contributed by atoms with van der Waals surface area (Å²) in [7, 11) is 1.68. The number of nitrogens with two attached hydrogens (primary N) is 1. The lowest BCUT2D eigenvalue weighted by atomic mass is 10.0. The Balaban J connectivity index is 2.13. The summed E-state index contributed by atoms with van der Waals surface area (Å²) in [6, 6.07) is 8.10. The highest BCUT2D eigenvalue weighted by Gasteiger charge is 2.17. The Hall–Kier alpha value is -0.690. The summed E-state index contributed by atoms with van der Waals surface area (Å²) in [5.41, 5.74) is 8.55. The molecule has 0 fully saturated rings. The minimum Gasteiger partial charge on any atom is -0.383 e. The molecule has 1 heterocycles. The molecule has 0 aliphatic carbocycles. The van der Waals surface area contributed by atoms with E-state index >= 15 is 0 Å². The van der Waals surface area contributed by atoms with Crippen molar-refractivity contribution in [3.63, 3.8) is 0 Å². The van der Waals surface area contributed by atoms with E-state index in [2.05, 4.69) is 49.1 Å². The Labute approximate surface area is 135 Å². The lowest BCUT2D eigenvalue weighted by Crippen LogP contribution is -2.20. The van der Waals surface area contributed by atoms with E-state index in [-0.39, 0.29) is 6.04 Å². The van der Waals surface area contributed by atoms with Crippen LogP contribution in [0.25, 0.3) is 0 Å². The van der Waals surface area contributed by atoms with Crippen molar-refractivity contribution in [2.24, 2.45) is 5.73 Å². The van der Waals surface area contributed by atoms with Crippen molar-refractivity contribution in [3.05, 3.63) is 50.7 Å². The second-order valence-corrected chi connectivity index (χ2v) is 6.30. The fourth-order valence-electron chi connectivity index (χ4n) is 2.07. The van der Waals surface area contributed by atoms with E-state index in [1.165, 1.54) is 5.56 Å². The zero-order valence-electron chi connectivity index (χ0n) is 11.2. The third-order valence-corrected chi connectivity index (χ3v) is 4.20. The van der Waals surface area contributed by atoms with Crippen molar-refractivity contribution < 1.29 is 4.74 Å². The first kappa shape index (κ1) is 15.7. The molecule has 0 aliphatic rings. The van der Waals surface area contributed by atoms with Crippen molar-refractivity contribution in [2.45, 2.75) is 19.0 Å². The topological polar surface area (TPSA) is 53.1 Å². The van der Waals surface area contributed by atoms with Gasteiger partial charge in [-0.2, -0.15) is 5.10 Å². The van der Waals surface area contributed by atoms with Gasteiger partial charge in [0.25, 0.3) is 0 Å². The van der Waals surface area contributed by atoms with Crippen LogP contribution >= 0.6 is 31.9 Å². The molecule has 1 atom stereocenters. The summed E-state index contributed by atoms with van der Waals surface area (Å²) in [6.07, 6.45) is 2.55. The van der Waals surface area contributed by atoms with Crippen LogP contribution in [-0.4, -0.2) is 23.5 Å². The molecule has 0 saturated carbocycles. The molecule has 2 N–H and O–H groups in total. The number of nitrogens with zero attached hydrogens (tertiary/aromatic N) is 2. The van der Waals surface area contributed by atoms with Gasteiger partial charge in [0.15, 0.2) is 0 Å². The van der Waals surface area contributed by atoms with Crippen molar-refractivity contribution in [1.29, 1.82) is 0 Å². The number of halogens is 2. The largest absolute Gasteiger partial charge is 0.383 e. The highest BCUT2D eigenvalue weighted by Crippen LogP contribution is 2.25. The number of hydrogen-bond acceptors (Lipinski definition) is 3. The number of benzene rings is 1. The number of ether oxygens (including phenoxy) is 1. The van der Waals surface area contributed by atoms with Crippen molar-refractivity contribution in [2.75, 3.05) is 13.7 Å². The molecule has 1 unspecified atom stereocenters. The average molecular weight is 403 g/mol. The van der Waals surface area contributed by atoms with E-state index < -0.39 is 0 Å². The highest BCUT2D eigenvalue weighted by atomic mass is 79.9. The van der Waals surface area contributed by atoms with Gasteiger partial charge in [0, 0.05) is 11.6 Å². The average Bonchev–Trinajstić information content (AvgIpc) is 2.80. The molecule has 0 amide bonds. The van der Waals surface area contributed by atoms with Crippen LogP contribution < -0.4 is 5.73 Å². The van der Waals surface area contributed by atoms with Crippen molar-refractivity contribution in [1.82, 2.24) is 9.78 Å². The van der Waals surface area contributed by atoms with Crippen molar-refractivity contribution in [3.8, 4) is 0 Å². The van der Waals surface area contributed by atoms with Crippen LogP contribution in [0.4, 0.5) is 0 Å². The van der Waals surface area contributed by atoms with Crippen LogP contribution in [-0.2, 0) is 17.7 Å². The molecule has 108 valence electrons. The first-order valence-electron chi connectivity index (χ1n) is 6.32. The molecule has 20 heavy (non-hydrogen) atoms. The van der Waals surface area contributed by atoms with Gasteiger partial charge in [0.2, 0.25) is 0 Å². The molecular weight excluding hydrogens is 386 g/mol. The zero-order valence-corrected chi connectivity index (χ0v) is 14.4. The second kappa shape index (κ2) is 7.36. The molecule has 1 aromatic carbocycles. The highest BCUT2D eigenvalue weighted by molar-refractivity contribution is 9.10. The summed E-state index contributed by atoms with van der Waals surface area (Å²) < 4.78 is 9.01. The van der Waals surface area contributed by atoms with Gasteiger partial charge in [-0.1, -0.05) is 28.1 Å². The third kappa shape index (κ3) is 3.91. The maximum Gasteiger partial charge on any atom is 0.0697 e. The number of rotatable bonds is 6. The van der Waals surface area contributed by atoms with Gasteiger partial charge in [0.1, 0.15) is 0 Å². The molecule has 4 nitrogen and oxygen atoms in total. The van der Waals surface area contributed by atoms with Crippen LogP contribution in [0.5, 0.6) is 0 Å². The van der Waals surface area contributed by atoms with Crippen LogP contribution in [0.2, 0.25) is 0 Å². The molecule has 2 rings (SSSR count). The first-order valence-corrected chi connectivity index (χ1v) is 7.90. The Kier molecular flexibility index (Phi) is 5.77. The van der Waals surface area contributed by atoms with Gasteiger partial charge in [-0.25, -0.2) is 0 Å². The van der Waals surface area contributed by atoms with Gasteiger partial charge in [-0.05, 0) is 40.0 Å². The van der Waals surface area contributed by atoms with Gasteiger partial charge in [-0.3, -0.25) is 4.68 Å². The SMILES string of the molecule is COCCn1ncc(Br)c1C(N)Cc1ccc(Br)cc1. The van der Waals surface area contributed by atoms with Gasteiger partial charge in [0.05, 0.1) is 35.6 Å². The maximum atomic E-state index is 6.34. The number of methoxy groups -OCH3 is 1. The Bertz CT molecular complexity index is 554. The molecule has 2 aromatic rings. The van der Waals surface area contributed by atoms with Gasteiger partial charge < -0.3 is 10.5 Å². The predicted octanol–water partition coefficient (Wildman–Crippen LogP) is 3.30. The predicted molar refractivity (Wildman–Crippen MR) is 86.6 cm³/mol. The molecular formula is C14H17Br2N3O. The lowest BCUT2D eigenvalue weighted by molar-refractivity contribution is 0.182. The standard InChI is InChI=1S/C14H17Br2N3O/c1-20-7-6-19-14(12(16)9-18-19)13(17)8-10-2-4-11(15)5-3-10/h2-5,9,13H,6-8,17H2,1H3. The second-order valence-electron chi connectivity index (χ2n) is 4.53. The molecule has 0 saturated heterocycles. The van der Waals surface area contributed by atoms with E-state index in [4.69, 9.17) is 10.5 Å². The summed E-state index contributed by atoms with van der Waals surface area (Å²) in [5.74, 6) is 0. The third-order valence-electron chi connectivity index (χ3n) is 3.06. The quantitative estimate of drug-likeness (QED) is 0.806. The molecule has 0 spiro atoms. The Morgan fingerprint density at radius 1 is 1.30 bits per heavy atom. The van der Waals surface area contributed by atoms with E-state index in [1.54, 1.807) is 13.3 Å². The first-order chi connectivity index (χ1) is 9.61. The fourth-order valence-corrected chi connectivity index (χ4v) is 2.92. The van der Waals surface area contributed by atoms with E-state index in [1.807, 2.05) is 16.8 Å². The smallest absolute Gasteiger partial charge is 0.0697 e. The molecule has 6 heteroatoms. The van der Waals surface area contributed by atoms with Crippen LogP contribution in [0, 0.1) is 0 Å².